The normalized spacial score (nSPS) is 8.82. The van der Waals surface area contributed by atoms with Gasteiger partial charge in [0.15, 0.2) is 0 Å². The highest BCUT2D eigenvalue weighted by atomic mass is 32.1. The van der Waals surface area contributed by atoms with Crippen molar-refractivity contribution in [3.63, 3.8) is 0 Å². The second kappa shape index (κ2) is 4.79. The van der Waals surface area contributed by atoms with Crippen LogP contribution in [-0.4, -0.2) is 23.7 Å². The van der Waals surface area contributed by atoms with E-state index in [9.17, 15) is 9.59 Å². The van der Waals surface area contributed by atoms with Gasteiger partial charge in [-0.15, -0.1) is 12.6 Å². The van der Waals surface area contributed by atoms with Crippen LogP contribution in [0.1, 0.15) is 6.42 Å². The van der Waals surface area contributed by atoms with E-state index >= 15 is 0 Å². The molecule has 0 rings (SSSR count). The average molecular weight is 176 g/mol. The van der Waals surface area contributed by atoms with Crippen molar-refractivity contribution in [3.8, 4) is 0 Å². The Hall–Kier alpha value is -0.970. The van der Waals surface area contributed by atoms with Crippen LogP contribution in [0.2, 0.25) is 0 Å². The molecule has 1 N–H and O–H groups in total. The van der Waals surface area contributed by atoms with Gasteiger partial charge in [0.05, 0.1) is 11.3 Å². The average Bonchev–Trinajstić information content (AvgIpc) is 1.86. The fourth-order valence-electron chi connectivity index (χ4n) is 0.314. The number of carbonyl (C=O) groups is 2. The molecule has 0 saturated carbocycles. The van der Waals surface area contributed by atoms with Gasteiger partial charge in [-0.3, -0.25) is 4.79 Å². The summed E-state index contributed by atoms with van der Waals surface area (Å²) in [5.74, 6) is -1.70. The molecule has 0 aliphatic carbocycles. The predicted molar refractivity (Wildman–Crippen MR) is 41.3 cm³/mol. The molecule has 0 unspecified atom stereocenters. The molecular weight excluding hydrogens is 168 g/mol. The summed E-state index contributed by atoms with van der Waals surface area (Å²) in [7, 11) is 0. The van der Waals surface area contributed by atoms with Crippen molar-refractivity contribution in [3.05, 3.63) is 11.5 Å². The van der Waals surface area contributed by atoms with Gasteiger partial charge in [0.25, 0.3) is 0 Å². The number of rotatable bonds is 4. The summed E-state index contributed by atoms with van der Waals surface area (Å²) in [4.78, 5) is 20.4. The molecule has 0 heterocycles. The molecule has 0 atom stereocenters. The molecule has 0 spiro atoms. The summed E-state index contributed by atoms with van der Waals surface area (Å²) in [6.45, 7) is 3.05. The Balaban J connectivity index is 3.47. The maximum atomic E-state index is 10.5. The van der Waals surface area contributed by atoms with Gasteiger partial charge in [-0.05, 0) is 0 Å². The number of hydrogen-bond donors (Lipinski definition) is 2. The second-order valence-electron chi connectivity index (χ2n) is 1.73. The smallest absolute Gasteiger partial charge is 0.343 e. The molecule has 11 heavy (non-hydrogen) atoms. The van der Waals surface area contributed by atoms with Gasteiger partial charge in [0.1, 0.15) is 6.61 Å². The van der Waals surface area contributed by atoms with Crippen molar-refractivity contribution >= 4 is 24.6 Å². The SMILES string of the molecule is C=C(S)C(=O)OCCC(=O)O. The van der Waals surface area contributed by atoms with Gasteiger partial charge in [0.2, 0.25) is 0 Å². The first-order valence-corrected chi connectivity index (χ1v) is 3.25. The van der Waals surface area contributed by atoms with Crippen molar-refractivity contribution in [2.24, 2.45) is 0 Å². The molecule has 0 aliphatic rings. The highest BCUT2D eigenvalue weighted by Crippen LogP contribution is 1.98. The summed E-state index contributed by atoms with van der Waals surface area (Å²) >= 11 is 3.60. The molecule has 0 aromatic rings. The van der Waals surface area contributed by atoms with Crippen LogP contribution in [-0.2, 0) is 14.3 Å². The Labute approximate surface area is 69.3 Å². The van der Waals surface area contributed by atoms with Crippen LogP contribution >= 0.6 is 12.6 Å². The molecule has 0 aromatic carbocycles. The lowest BCUT2D eigenvalue weighted by Crippen LogP contribution is -2.08. The highest BCUT2D eigenvalue weighted by molar-refractivity contribution is 7.85. The van der Waals surface area contributed by atoms with E-state index in [4.69, 9.17) is 5.11 Å². The minimum Gasteiger partial charge on any atom is -0.481 e. The Morgan fingerprint density at radius 2 is 2.09 bits per heavy atom. The minimum atomic E-state index is -1.01. The number of hydrogen-bond acceptors (Lipinski definition) is 4. The van der Waals surface area contributed by atoms with Gasteiger partial charge >= 0.3 is 11.9 Å². The standard InChI is InChI=1S/C6H8O4S/c1-4(11)6(9)10-3-2-5(7)8/h11H,1-3H2,(H,7,8). The van der Waals surface area contributed by atoms with Crippen LogP contribution in [0, 0.1) is 0 Å². The summed E-state index contributed by atoms with van der Waals surface area (Å²) < 4.78 is 4.42. The zero-order valence-electron chi connectivity index (χ0n) is 5.74. The Morgan fingerprint density at radius 1 is 1.55 bits per heavy atom. The topological polar surface area (TPSA) is 63.6 Å². The predicted octanol–water partition coefficient (Wildman–Crippen LogP) is 0.448. The molecule has 62 valence electrons. The second-order valence-corrected chi connectivity index (χ2v) is 2.27. The van der Waals surface area contributed by atoms with Crippen molar-refractivity contribution < 1.29 is 19.4 Å². The van der Waals surface area contributed by atoms with Crippen LogP contribution in [0.25, 0.3) is 0 Å². The first-order chi connectivity index (χ1) is 5.04. The van der Waals surface area contributed by atoms with E-state index < -0.39 is 11.9 Å². The third-order valence-corrected chi connectivity index (χ3v) is 0.967. The molecule has 0 amide bonds. The van der Waals surface area contributed by atoms with Crippen molar-refractivity contribution in [1.29, 1.82) is 0 Å². The van der Waals surface area contributed by atoms with Crippen LogP contribution in [0.15, 0.2) is 11.5 Å². The maximum Gasteiger partial charge on any atom is 0.343 e. The van der Waals surface area contributed by atoms with E-state index in [0.29, 0.717) is 0 Å². The quantitative estimate of drug-likeness (QED) is 0.371. The van der Waals surface area contributed by atoms with Gasteiger partial charge in [-0.2, -0.15) is 0 Å². The van der Waals surface area contributed by atoms with E-state index in [1.165, 1.54) is 0 Å². The van der Waals surface area contributed by atoms with Gasteiger partial charge in [-0.1, -0.05) is 6.58 Å². The molecule has 0 bridgehead atoms. The molecular formula is C6H8O4S. The fourth-order valence-corrected chi connectivity index (χ4v) is 0.379. The van der Waals surface area contributed by atoms with Gasteiger partial charge in [-0.25, -0.2) is 4.79 Å². The van der Waals surface area contributed by atoms with Gasteiger partial charge < -0.3 is 9.84 Å². The third-order valence-electron chi connectivity index (χ3n) is 0.785. The number of carbonyl (C=O) groups excluding carboxylic acids is 1. The van der Waals surface area contributed by atoms with Gasteiger partial charge in [0, 0.05) is 0 Å². The zero-order chi connectivity index (χ0) is 8.85. The van der Waals surface area contributed by atoms with E-state index in [-0.39, 0.29) is 17.9 Å². The molecule has 0 aliphatic heterocycles. The third kappa shape index (κ3) is 5.47. The van der Waals surface area contributed by atoms with Crippen LogP contribution in [0.5, 0.6) is 0 Å². The molecule has 4 nitrogen and oxygen atoms in total. The minimum absolute atomic E-state index is 0.0320. The van der Waals surface area contributed by atoms with Crippen LogP contribution in [0.3, 0.4) is 0 Å². The largest absolute Gasteiger partial charge is 0.481 e. The first kappa shape index (κ1) is 10.0. The van der Waals surface area contributed by atoms with E-state index in [0.717, 1.165) is 0 Å². The number of thiol groups is 1. The summed E-state index contributed by atoms with van der Waals surface area (Å²) in [6.07, 6.45) is -0.202. The highest BCUT2D eigenvalue weighted by Gasteiger charge is 2.04. The maximum absolute atomic E-state index is 10.5. The van der Waals surface area contributed by atoms with Crippen LogP contribution < -0.4 is 0 Å². The van der Waals surface area contributed by atoms with Crippen molar-refractivity contribution in [2.75, 3.05) is 6.61 Å². The Kier molecular flexibility index (Phi) is 4.36. The summed E-state index contributed by atoms with van der Waals surface area (Å²) in [6, 6.07) is 0. The molecule has 0 aromatic heterocycles. The van der Waals surface area contributed by atoms with Crippen LogP contribution in [0.4, 0.5) is 0 Å². The molecule has 0 saturated heterocycles. The molecule has 0 radical (unpaired) electrons. The summed E-state index contributed by atoms with van der Waals surface area (Å²) in [5.41, 5.74) is 0. The Morgan fingerprint density at radius 3 is 2.45 bits per heavy atom. The number of carboxylic acid groups (broad SMARTS) is 1. The molecule has 0 fully saturated rings. The van der Waals surface area contributed by atoms with Crippen molar-refractivity contribution in [1.82, 2.24) is 0 Å². The Bertz CT molecular complexity index is 187. The lowest BCUT2D eigenvalue weighted by atomic mass is 10.5. The van der Waals surface area contributed by atoms with E-state index in [1.807, 2.05) is 0 Å². The molecule has 5 heteroatoms. The lowest BCUT2D eigenvalue weighted by molar-refractivity contribution is -0.142. The van der Waals surface area contributed by atoms with E-state index in [1.54, 1.807) is 0 Å². The first-order valence-electron chi connectivity index (χ1n) is 2.81. The van der Waals surface area contributed by atoms with E-state index in [2.05, 4.69) is 23.9 Å². The summed E-state index contributed by atoms with van der Waals surface area (Å²) in [5, 5.41) is 8.13. The number of esters is 1. The fraction of sp³-hybridized carbons (Fsp3) is 0.333. The number of carboxylic acids is 1. The van der Waals surface area contributed by atoms with Crippen molar-refractivity contribution in [2.45, 2.75) is 6.42 Å². The zero-order valence-corrected chi connectivity index (χ0v) is 6.63. The number of ether oxygens (including phenoxy) is 1. The monoisotopic (exact) mass is 176 g/mol. The lowest BCUT2D eigenvalue weighted by Gasteiger charge is -1.99. The number of aliphatic carboxylic acids is 1.